The summed E-state index contributed by atoms with van der Waals surface area (Å²) >= 11 is 0. The van der Waals surface area contributed by atoms with Crippen LogP contribution in [0.3, 0.4) is 0 Å². The third-order valence-electron chi connectivity index (χ3n) is 5.44. The molecule has 1 heterocycles. The second kappa shape index (κ2) is 9.25. The maximum Gasteiger partial charge on any atom is 0.416 e. The molecule has 1 aliphatic carbocycles. The Labute approximate surface area is 166 Å². The Morgan fingerprint density at radius 3 is 2.75 bits per heavy atom. The zero-order chi connectivity index (χ0) is 20.3. The van der Waals surface area contributed by atoms with Crippen molar-refractivity contribution in [1.82, 2.24) is 0 Å². The highest BCUT2D eigenvalue weighted by Gasteiger charge is 2.50. The van der Waals surface area contributed by atoms with E-state index in [9.17, 15) is 18.0 Å². The van der Waals surface area contributed by atoms with Crippen LogP contribution < -0.4 is 4.74 Å². The Kier molecular flexibility index (Phi) is 7.19. The van der Waals surface area contributed by atoms with E-state index in [0.29, 0.717) is 19.3 Å². The predicted molar refractivity (Wildman–Crippen MR) is 101 cm³/mol. The number of alkyl halides is 3. The van der Waals surface area contributed by atoms with Crippen LogP contribution in [0, 0.1) is 11.8 Å². The highest BCUT2D eigenvalue weighted by atomic mass is 31.0. The highest BCUT2D eigenvalue weighted by Crippen LogP contribution is 2.45. The number of carbonyl (C=O) groups excluding carboxylic acids is 1. The molecule has 0 amide bonds. The van der Waals surface area contributed by atoms with Crippen LogP contribution in [-0.4, -0.2) is 30.9 Å². The second-order valence-electron chi connectivity index (χ2n) is 7.14. The number of fused-ring (bicyclic) bond motifs is 1. The Morgan fingerprint density at radius 1 is 1.29 bits per heavy atom. The van der Waals surface area contributed by atoms with E-state index in [1.807, 2.05) is 0 Å². The first-order valence-electron chi connectivity index (χ1n) is 9.02. The van der Waals surface area contributed by atoms with Crippen molar-refractivity contribution in [1.29, 1.82) is 0 Å². The van der Waals surface area contributed by atoms with Gasteiger partial charge in [0.1, 0.15) is 18.5 Å². The third kappa shape index (κ3) is 5.15. The van der Waals surface area contributed by atoms with E-state index < -0.39 is 11.7 Å². The highest BCUT2D eigenvalue weighted by molar-refractivity contribution is 7.10. The topological polar surface area (TPSA) is 54.0 Å². The van der Waals surface area contributed by atoms with Gasteiger partial charge in [-0.25, -0.2) is 0 Å². The Hall–Kier alpha value is -0.940. The van der Waals surface area contributed by atoms with Gasteiger partial charge in [0.05, 0.1) is 24.2 Å². The Morgan fingerprint density at radius 2 is 2.07 bits per heavy atom. The largest absolute Gasteiger partial charge is 0.491 e. The molecule has 7 atom stereocenters. The van der Waals surface area contributed by atoms with Crippen LogP contribution in [0.4, 0.5) is 13.2 Å². The van der Waals surface area contributed by atoms with Crippen LogP contribution in [0.1, 0.15) is 31.2 Å². The molecule has 0 aromatic heterocycles. The number of ether oxygens (including phenoxy) is 2. The van der Waals surface area contributed by atoms with Crippen molar-refractivity contribution >= 4 is 24.9 Å². The summed E-state index contributed by atoms with van der Waals surface area (Å²) in [7, 11) is 4.45. The normalized spacial score (nSPS) is 28.1. The lowest BCUT2D eigenvalue weighted by atomic mass is 9.87. The smallest absolute Gasteiger partial charge is 0.416 e. The molecule has 0 radical (unpaired) electrons. The minimum atomic E-state index is -4.41. The van der Waals surface area contributed by atoms with Crippen LogP contribution >= 0.6 is 18.9 Å². The average molecular weight is 438 g/mol. The fourth-order valence-corrected chi connectivity index (χ4v) is 4.56. The van der Waals surface area contributed by atoms with Gasteiger partial charge >= 0.3 is 12.1 Å². The number of benzene rings is 1. The van der Waals surface area contributed by atoms with Gasteiger partial charge < -0.3 is 18.5 Å². The molecule has 10 heteroatoms. The maximum atomic E-state index is 12.8. The van der Waals surface area contributed by atoms with Crippen LogP contribution in [-0.2, 0) is 24.8 Å². The Bertz CT molecular complexity index is 687. The van der Waals surface area contributed by atoms with E-state index in [0.717, 1.165) is 18.6 Å². The molecule has 0 bridgehead atoms. The Balaban J connectivity index is 1.54. The molecule has 2 aliphatic rings. The van der Waals surface area contributed by atoms with Crippen molar-refractivity contribution in [2.24, 2.45) is 11.8 Å². The summed E-state index contributed by atoms with van der Waals surface area (Å²) in [5.41, 5.74) is -0.753. The molecule has 7 unspecified atom stereocenters. The van der Waals surface area contributed by atoms with E-state index in [-0.39, 0.29) is 48.5 Å². The molecule has 1 saturated heterocycles. The fraction of sp³-hybridized carbons (Fsp3) is 0.611. The van der Waals surface area contributed by atoms with Crippen LogP contribution in [0.2, 0.25) is 0 Å². The van der Waals surface area contributed by atoms with Gasteiger partial charge in [0.25, 0.3) is 0 Å². The number of hydrogen-bond donors (Lipinski definition) is 0. The molecular formula is C18H23F3O5P2. The van der Waals surface area contributed by atoms with Gasteiger partial charge in [0.2, 0.25) is 0 Å². The number of rotatable bonds is 8. The van der Waals surface area contributed by atoms with Gasteiger partial charge in [-0.1, -0.05) is 6.07 Å². The van der Waals surface area contributed by atoms with Crippen molar-refractivity contribution in [2.75, 3.05) is 6.61 Å². The van der Waals surface area contributed by atoms with E-state index in [1.54, 1.807) is 0 Å². The minimum absolute atomic E-state index is 0.0114. The summed E-state index contributed by atoms with van der Waals surface area (Å²) < 4.78 is 60.1. The van der Waals surface area contributed by atoms with Crippen molar-refractivity contribution in [3.63, 3.8) is 0 Å². The van der Waals surface area contributed by atoms with Gasteiger partial charge in [-0.05, 0) is 37.0 Å². The molecule has 0 spiro atoms. The second-order valence-corrected chi connectivity index (χ2v) is 7.69. The first-order chi connectivity index (χ1) is 13.3. The molecule has 1 saturated carbocycles. The molecule has 156 valence electrons. The molecule has 1 aromatic rings. The average Bonchev–Trinajstić information content (AvgIpc) is 3.17. The zero-order valence-corrected chi connectivity index (χ0v) is 17.4. The van der Waals surface area contributed by atoms with Crippen LogP contribution in [0.25, 0.3) is 0 Å². The maximum absolute atomic E-state index is 12.8. The van der Waals surface area contributed by atoms with Gasteiger partial charge in [-0.3, -0.25) is 4.79 Å². The minimum Gasteiger partial charge on any atom is -0.491 e. The first kappa shape index (κ1) is 21.8. The first-order valence-corrected chi connectivity index (χ1v) is 9.96. The summed E-state index contributed by atoms with van der Waals surface area (Å²) in [6.45, 7) is 0.119. The van der Waals surface area contributed by atoms with E-state index in [4.69, 9.17) is 18.5 Å². The van der Waals surface area contributed by atoms with Gasteiger partial charge in [0.15, 0.2) is 0 Å². The van der Waals surface area contributed by atoms with Gasteiger partial charge in [-0.2, -0.15) is 13.2 Å². The molecule has 28 heavy (non-hydrogen) atoms. The molecule has 5 nitrogen and oxygen atoms in total. The van der Waals surface area contributed by atoms with Crippen LogP contribution in [0.5, 0.6) is 5.75 Å². The summed E-state index contributed by atoms with van der Waals surface area (Å²) in [4.78, 5) is 11.6. The number of carbonyl (C=O) groups is 1. The number of halogens is 3. The summed E-state index contributed by atoms with van der Waals surface area (Å²) in [6, 6.07) is 4.77. The van der Waals surface area contributed by atoms with E-state index in [1.165, 1.54) is 12.1 Å². The summed E-state index contributed by atoms with van der Waals surface area (Å²) in [5, 5.41) is 0. The molecule has 3 rings (SSSR count). The van der Waals surface area contributed by atoms with E-state index >= 15 is 0 Å². The zero-order valence-electron chi connectivity index (χ0n) is 15.1. The monoisotopic (exact) mass is 438 g/mol. The van der Waals surface area contributed by atoms with Crippen LogP contribution in [0.15, 0.2) is 24.3 Å². The van der Waals surface area contributed by atoms with Gasteiger partial charge in [0, 0.05) is 31.3 Å². The SMILES string of the molecule is O=C1CC2C(CC(OP)C2CCC(COc2cccc(C(F)(F)F)c2)OP)O1. The molecule has 1 aliphatic heterocycles. The van der Waals surface area contributed by atoms with Crippen molar-refractivity contribution in [3.8, 4) is 5.75 Å². The predicted octanol–water partition coefficient (Wildman–Crippen LogP) is 4.17. The lowest BCUT2D eigenvalue weighted by Gasteiger charge is -2.24. The standard InChI is InChI=1S/C18H23F3O5P2/c19-18(20,21)10-2-1-3-11(6-10)23-9-12(25-27)4-5-13-14-7-17(22)24-15(14)8-16(13)26-28/h1-3,6,12-16H,4-5,7-9,27-28H2. The molecule has 1 aromatic carbocycles. The summed E-state index contributed by atoms with van der Waals surface area (Å²) in [6.07, 6.45) is -2.41. The van der Waals surface area contributed by atoms with Gasteiger partial charge in [-0.15, -0.1) is 0 Å². The molecule has 0 N–H and O–H groups in total. The molecular weight excluding hydrogens is 415 g/mol. The molecule has 2 fully saturated rings. The number of esters is 1. The lowest BCUT2D eigenvalue weighted by molar-refractivity contribution is -0.142. The number of hydrogen-bond acceptors (Lipinski definition) is 5. The lowest BCUT2D eigenvalue weighted by Crippen LogP contribution is -2.25. The van der Waals surface area contributed by atoms with Crippen molar-refractivity contribution in [3.05, 3.63) is 29.8 Å². The van der Waals surface area contributed by atoms with Crippen molar-refractivity contribution in [2.45, 2.75) is 50.2 Å². The summed E-state index contributed by atoms with van der Waals surface area (Å²) in [5.74, 6) is 0.260. The third-order valence-corrected chi connectivity index (χ3v) is 6.18. The van der Waals surface area contributed by atoms with E-state index in [2.05, 4.69) is 18.9 Å². The quantitative estimate of drug-likeness (QED) is 0.451. The fourth-order valence-electron chi connectivity index (χ4n) is 4.03. The van der Waals surface area contributed by atoms with Crippen molar-refractivity contribution < 1.29 is 36.5 Å².